The average molecular weight is 247 g/mol. The highest BCUT2D eigenvalue weighted by atomic mass is 16.5. The number of rotatable bonds is 5. The van der Waals surface area contributed by atoms with E-state index in [1.54, 1.807) is 7.11 Å². The molecule has 0 heterocycles. The van der Waals surface area contributed by atoms with Gasteiger partial charge in [0.05, 0.1) is 25.8 Å². The first-order valence-electron chi connectivity index (χ1n) is 6.17. The fraction of sp³-hybridized carbons (Fsp3) is 0.467. The minimum atomic E-state index is 0.336. The van der Waals surface area contributed by atoms with Gasteiger partial charge in [-0.2, -0.15) is 0 Å². The van der Waals surface area contributed by atoms with Crippen LogP contribution in [0.4, 0.5) is 0 Å². The van der Waals surface area contributed by atoms with E-state index in [-0.39, 0.29) is 0 Å². The Morgan fingerprint density at radius 1 is 1.33 bits per heavy atom. The Hall–Kier alpha value is -1.66. The number of hydrogen-bond donors (Lipinski definition) is 1. The molecule has 0 atom stereocenters. The van der Waals surface area contributed by atoms with Crippen molar-refractivity contribution >= 4 is 0 Å². The summed E-state index contributed by atoms with van der Waals surface area (Å²) < 4.78 is 10.9. The second-order valence-corrected chi connectivity index (χ2v) is 4.40. The van der Waals surface area contributed by atoms with Gasteiger partial charge in [-0.15, -0.1) is 0 Å². The number of methoxy groups -OCH3 is 1. The fourth-order valence-corrected chi connectivity index (χ4v) is 1.41. The van der Waals surface area contributed by atoms with Crippen LogP contribution in [0.15, 0.2) is 18.2 Å². The van der Waals surface area contributed by atoms with Crippen molar-refractivity contribution in [2.75, 3.05) is 20.3 Å². The number of benzene rings is 1. The van der Waals surface area contributed by atoms with Crippen LogP contribution in [0.3, 0.4) is 0 Å². The molecule has 0 aromatic heterocycles. The smallest absolute Gasteiger partial charge is 0.135 e. The van der Waals surface area contributed by atoms with Crippen LogP contribution in [0.5, 0.6) is 11.5 Å². The van der Waals surface area contributed by atoms with Crippen LogP contribution < -0.4 is 15.2 Å². The minimum Gasteiger partial charge on any atom is -0.497 e. The summed E-state index contributed by atoms with van der Waals surface area (Å²) in [5.74, 6) is 8.03. The molecular weight excluding hydrogens is 226 g/mol. The van der Waals surface area contributed by atoms with E-state index >= 15 is 0 Å². The summed E-state index contributed by atoms with van der Waals surface area (Å²) >= 11 is 0. The van der Waals surface area contributed by atoms with Crippen molar-refractivity contribution in [2.24, 2.45) is 11.7 Å². The SMILES string of the molecule is COc1ccc(OCCC(C)C)c(C#CCN)c1. The zero-order valence-corrected chi connectivity index (χ0v) is 11.3. The quantitative estimate of drug-likeness (QED) is 0.813. The van der Waals surface area contributed by atoms with Crippen molar-refractivity contribution in [1.82, 2.24) is 0 Å². The molecule has 1 aromatic rings. The van der Waals surface area contributed by atoms with E-state index in [0.717, 1.165) is 23.5 Å². The van der Waals surface area contributed by atoms with Crippen molar-refractivity contribution < 1.29 is 9.47 Å². The highest BCUT2D eigenvalue weighted by Gasteiger charge is 2.04. The van der Waals surface area contributed by atoms with Crippen molar-refractivity contribution in [2.45, 2.75) is 20.3 Å². The van der Waals surface area contributed by atoms with Gasteiger partial charge < -0.3 is 15.2 Å². The van der Waals surface area contributed by atoms with E-state index in [1.807, 2.05) is 18.2 Å². The van der Waals surface area contributed by atoms with E-state index in [1.165, 1.54) is 0 Å². The number of hydrogen-bond acceptors (Lipinski definition) is 3. The lowest BCUT2D eigenvalue weighted by Gasteiger charge is -2.11. The van der Waals surface area contributed by atoms with Crippen LogP contribution in [-0.2, 0) is 0 Å². The first kappa shape index (κ1) is 14.4. The summed E-state index contributed by atoms with van der Waals surface area (Å²) in [5.41, 5.74) is 6.21. The summed E-state index contributed by atoms with van der Waals surface area (Å²) in [6.45, 7) is 5.38. The molecule has 0 aliphatic carbocycles. The predicted octanol–water partition coefficient (Wildman–Crippen LogP) is 2.43. The molecule has 0 aliphatic heterocycles. The van der Waals surface area contributed by atoms with E-state index < -0.39 is 0 Å². The number of nitrogens with two attached hydrogens (primary N) is 1. The van der Waals surface area contributed by atoms with Crippen LogP contribution in [0.1, 0.15) is 25.8 Å². The summed E-state index contributed by atoms with van der Waals surface area (Å²) in [5, 5.41) is 0. The van der Waals surface area contributed by atoms with Gasteiger partial charge in [-0.05, 0) is 30.5 Å². The maximum Gasteiger partial charge on any atom is 0.135 e. The summed E-state index contributed by atoms with van der Waals surface area (Å²) in [6.07, 6.45) is 1.02. The van der Waals surface area contributed by atoms with Gasteiger partial charge in [-0.1, -0.05) is 25.7 Å². The lowest BCUT2D eigenvalue weighted by atomic mass is 10.1. The van der Waals surface area contributed by atoms with Gasteiger partial charge in [0, 0.05) is 0 Å². The molecule has 2 N–H and O–H groups in total. The third kappa shape index (κ3) is 4.68. The van der Waals surface area contributed by atoms with E-state index in [2.05, 4.69) is 25.7 Å². The molecule has 0 unspecified atom stereocenters. The molecule has 0 bridgehead atoms. The zero-order valence-electron chi connectivity index (χ0n) is 11.3. The Morgan fingerprint density at radius 3 is 2.72 bits per heavy atom. The first-order chi connectivity index (χ1) is 8.67. The lowest BCUT2D eigenvalue weighted by Crippen LogP contribution is -2.03. The van der Waals surface area contributed by atoms with E-state index in [9.17, 15) is 0 Å². The van der Waals surface area contributed by atoms with Gasteiger partial charge in [0.25, 0.3) is 0 Å². The Balaban J connectivity index is 2.81. The van der Waals surface area contributed by atoms with Gasteiger partial charge in [-0.25, -0.2) is 0 Å². The van der Waals surface area contributed by atoms with Crippen molar-refractivity contribution in [3.8, 4) is 23.3 Å². The molecule has 0 fully saturated rings. The Labute approximate surface area is 109 Å². The second-order valence-electron chi connectivity index (χ2n) is 4.40. The first-order valence-corrected chi connectivity index (χ1v) is 6.17. The van der Waals surface area contributed by atoms with Crippen molar-refractivity contribution in [3.05, 3.63) is 23.8 Å². The molecule has 0 saturated carbocycles. The molecule has 1 rings (SSSR count). The highest BCUT2D eigenvalue weighted by molar-refractivity contribution is 5.50. The monoisotopic (exact) mass is 247 g/mol. The van der Waals surface area contributed by atoms with Crippen LogP contribution in [0.25, 0.3) is 0 Å². The van der Waals surface area contributed by atoms with Gasteiger partial charge in [0.2, 0.25) is 0 Å². The standard InChI is InChI=1S/C15H21NO2/c1-12(2)8-10-18-15-7-6-14(17-3)11-13(15)5-4-9-16/h6-7,11-12H,8-10,16H2,1-3H3. The van der Waals surface area contributed by atoms with Crippen molar-refractivity contribution in [3.63, 3.8) is 0 Å². The molecule has 0 spiro atoms. The molecule has 3 nitrogen and oxygen atoms in total. The van der Waals surface area contributed by atoms with Gasteiger partial charge in [0.15, 0.2) is 0 Å². The molecule has 98 valence electrons. The largest absolute Gasteiger partial charge is 0.497 e. The van der Waals surface area contributed by atoms with Crippen LogP contribution in [0, 0.1) is 17.8 Å². The van der Waals surface area contributed by atoms with Crippen LogP contribution in [-0.4, -0.2) is 20.3 Å². The molecule has 0 saturated heterocycles. The van der Waals surface area contributed by atoms with E-state index in [0.29, 0.717) is 19.1 Å². The summed E-state index contributed by atoms with van der Waals surface area (Å²) in [6, 6.07) is 5.63. The molecule has 1 aromatic carbocycles. The minimum absolute atomic E-state index is 0.336. The molecular formula is C15H21NO2. The number of ether oxygens (including phenoxy) is 2. The molecule has 3 heteroatoms. The van der Waals surface area contributed by atoms with Gasteiger partial charge >= 0.3 is 0 Å². The fourth-order valence-electron chi connectivity index (χ4n) is 1.41. The Bertz CT molecular complexity index is 430. The third-order valence-corrected chi connectivity index (χ3v) is 2.46. The summed E-state index contributed by atoms with van der Waals surface area (Å²) in [7, 11) is 1.63. The predicted molar refractivity (Wildman–Crippen MR) is 73.9 cm³/mol. The Kier molecular flexibility index (Phi) is 6.10. The molecule has 18 heavy (non-hydrogen) atoms. The maximum atomic E-state index is 5.75. The third-order valence-electron chi connectivity index (χ3n) is 2.46. The van der Waals surface area contributed by atoms with Crippen LogP contribution in [0.2, 0.25) is 0 Å². The Morgan fingerprint density at radius 2 is 2.11 bits per heavy atom. The zero-order chi connectivity index (χ0) is 13.4. The molecule has 0 amide bonds. The lowest BCUT2D eigenvalue weighted by molar-refractivity contribution is 0.288. The maximum absolute atomic E-state index is 5.75. The molecule has 0 radical (unpaired) electrons. The van der Waals surface area contributed by atoms with E-state index in [4.69, 9.17) is 15.2 Å². The normalized spacial score (nSPS) is 9.83. The van der Waals surface area contributed by atoms with Crippen LogP contribution >= 0.6 is 0 Å². The van der Waals surface area contributed by atoms with Gasteiger partial charge in [-0.3, -0.25) is 0 Å². The average Bonchev–Trinajstić information content (AvgIpc) is 2.36. The summed E-state index contributed by atoms with van der Waals surface area (Å²) in [4.78, 5) is 0. The topological polar surface area (TPSA) is 44.5 Å². The molecule has 0 aliphatic rings. The van der Waals surface area contributed by atoms with Crippen molar-refractivity contribution in [1.29, 1.82) is 0 Å². The van der Waals surface area contributed by atoms with Gasteiger partial charge in [0.1, 0.15) is 11.5 Å². The second kappa shape index (κ2) is 7.62. The highest BCUT2D eigenvalue weighted by Crippen LogP contribution is 2.23.